The second-order valence-electron chi connectivity index (χ2n) is 6.83. The van der Waals surface area contributed by atoms with Crippen LogP contribution in [0.5, 0.6) is 0 Å². The number of hydrogen-bond acceptors (Lipinski definition) is 3. The molecule has 0 aliphatic carbocycles. The van der Waals surface area contributed by atoms with E-state index in [-0.39, 0.29) is 11.7 Å². The Morgan fingerprint density at radius 1 is 1.04 bits per heavy atom. The van der Waals surface area contributed by atoms with Crippen LogP contribution in [-0.2, 0) is 14.9 Å². The number of hydrogen-bond donors (Lipinski definition) is 2. The Hall–Kier alpha value is -0.920. The molecule has 0 aliphatic heterocycles. The fourth-order valence-corrected chi connectivity index (χ4v) is 2.90. The molecule has 0 rings (SSSR count). The number of quaternary nitrogens is 1. The molecule has 7 heteroatoms. The van der Waals surface area contributed by atoms with Gasteiger partial charge in [-0.1, -0.05) is 19.4 Å². The van der Waals surface area contributed by atoms with E-state index in [9.17, 15) is 13.2 Å². The Morgan fingerprint density at radius 3 is 2.13 bits per heavy atom. The average Bonchev–Trinajstić information content (AvgIpc) is 2.40. The van der Waals surface area contributed by atoms with Gasteiger partial charge in [-0.05, 0) is 26.2 Å². The van der Waals surface area contributed by atoms with Crippen LogP contribution < -0.4 is 5.32 Å². The van der Waals surface area contributed by atoms with E-state index in [4.69, 9.17) is 4.55 Å². The van der Waals surface area contributed by atoms with Gasteiger partial charge in [0.15, 0.2) is 0 Å². The first-order valence-electron chi connectivity index (χ1n) is 8.24. The summed E-state index contributed by atoms with van der Waals surface area (Å²) >= 11 is 0. The molecule has 0 atom stereocenters. The Bertz CT molecular complexity index is 472. The van der Waals surface area contributed by atoms with Gasteiger partial charge in [-0.15, -0.1) is 0 Å². The maximum Gasteiger partial charge on any atom is 0.264 e. The molecule has 136 valence electrons. The molecule has 0 aromatic carbocycles. The molecule has 1 amide bonds. The molecule has 0 unspecified atom stereocenters. The lowest BCUT2D eigenvalue weighted by atomic mass is 10.1. The normalized spacial score (nSPS) is 12.2. The lowest BCUT2D eigenvalue weighted by Crippen LogP contribution is -2.42. The van der Waals surface area contributed by atoms with Crippen molar-refractivity contribution < 1.29 is 22.2 Å². The number of nitrogens with zero attached hydrogens (tertiary/aromatic N) is 1. The second kappa shape index (κ2) is 10.8. The summed E-state index contributed by atoms with van der Waals surface area (Å²) in [5, 5.41) is 2.84. The summed E-state index contributed by atoms with van der Waals surface area (Å²) in [6.45, 7) is 8.03. The molecule has 0 fully saturated rings. The van der Waals surface area contributed by atoms with Gasteiger partial charge in [-0.25, -0.2) is 0 Å². The Morgan fingerprint density at radius 2 is 1.57 bits per heavy atom. The van der Waals surface area contributed by atoms with Gasteiger partial charge in [-0.2, -0.15) is 8.42 Å². The zero-order valence-electron chi connectivity index (χ0n) is 14.8. The summed E-state index contributed by atoms with van der Waals surface area (Å²) in [4.78, 5) is 11.4. The van der Waals surface area contributed by atoms with Gasteiger partial charge < -0.3 is 9.80 Å². The topological polar surface area (TPSA) is 83.5 Å². The smallest absolute Gasteiger partial charge is 0.264 e. The summed E-state index contributed by atoms with van der Waals surface area (Å²) in [5.74, 6) is -0.218. The fourth-order valence-electron chi connectivity index (χ4n) is 2.33. The highest BCUT2D eigenvalue weighted by molar-refractivity contribution is 7.85. The number of unbranched alkanes of at least 4 members (excludes halogenated alkanes) is 4. The molecule has 23 heavy (non-hydrogen) atoms. The van der Waals surface area contributed by atoms with Crippen molar-refractivity contribution in [1.29, 1.82) is 0 Å². The van der Waals surface area contributed by atoms with Crippen molar-refractivity contribution in [2.24, 2.45) is 0 Å². The third-order valence-corrected chi connectivity index (χ3v) is 4.58. The van der Waals surface area contributed by atoms with Crippen LogP contribution in [0, 0.1) is 0 Å². The molecule has 0 heterocycles. The van der Waals surface area contributed by atoms with Crippen LogP contribution in [0.4, 0.5) is 0 Å². The van der Waals surface area contributed by atoms with Gasteiger partial charge >= 0.3 is 0 Å². The van der Waals surface area contributed by atoms with Crippen molar-refractivity contribution in [1.82, 2.24) is 5.32 Å². The first kappa shape index (κ1) is 22.1. The number of rotatable bonds is 13. The van der Waals surface area contributed by atoms with Crippen LogP contribution in [0.15, 0.2) is 12.2 Å². The number of carbonyl (C=O) groups is 1. The first-order chi connectivity index (χ1) is 10.5. The van der Waals surface area contributed by atoms with Crippen LogP contribution in [-0.4, -0.2) is 62.8 Å². The second-order valence-corrected chi connectivity index (χ2v) is 8.40. The van der Waals surface area contributed by atoms with Gasteiger partial charge in [0, 0.05) is 18.5 Å². The van der Waals surface area contributed by atoms with Crippen LogP contribution in [0.2, 0.25) is 0 Å². The Kier molecular flexibility index (Phi) is 10.3. The Balaban J connectivity index is 3.64. The molecule has 0 aromatic rings. The number of carbonyl (C=O) groups excluding carboxylic acids is 1. The van der Waals surface area contributed by atoms with Gasteiger partial charge in [0.25, 0.3) is 10.1 Å². The van der Waals surface area contributed by atoms with Crippen LogP contribution in [0.1, 0.15) is 45.4 Å². The molecule has 0 radical (unpaired) electrons. The minimum Gasteiger partial charge on any atom is -0.352 e. The van der Waals surface area contributed by atoms with Crippen LogP contribution in [0.3, 0.4) is 0 Å². The van der Waals surface area contributed by atoms with E-state index in [0.29, 0.717) is 18.5 Å². The fraction of sp³-hybridized carbons (Fsp3) is 0.812. The SMILES string of the molecule is C=C(C)C(=O)NCCC[N+](C)(C)CCCCCCCS(=O)(=O)O. The maximum absolute atomic E-state index is 11.4. The van der Waals surface area contributed by atoms with Crippen LogP contribution in [0.25, 0.3) is 0 Å². The molecule has 0 aliphatic rings. The zero-order chi connectivity index (χ0) is 17.9. The van der Waals surface area contributed by atoms with Gasteiger partial charge in [0.05, 0.1) is 32.9 Å². The molecular weight excluding hydrogens is 316 g/mol. The standard InChI is InChI=1S/C16H32N2O4S/c1-15(2)16(19)17-11-10-13-18(3,4)12-8-6-5-7-9-14-23(20,21)22/h1,5-14H2,2-4H3,(H-,17,19,20,21,22)/p+1. The molecule has 0 aromatic heterocycles. The first-order valence-corrected chi connectivity index (χ1v) is 9.85. The minimum atomic E-state index is -3.80. The van der Waals surface area contributed by atoms with E-state index in [2.05, 4.69) is 26.0 Å². The Labute approximate surface area is 141 Å². The predicted octanol–water partition coefficient (Wildman–Crippen LogP) is 1.98. The summed E-state index contributed by atoms with van der Waals surface area (Å²) in [6.07, 6.45) is 5.45. The van der Waals surface area contributed by atoms with Gasteiger partial charge in [0.1, 0.15) is 0 Å². The van der Waals surface area contributed by atoms with Crippen molar-refractivity contribution in [2.75, 3.05) is 39.5 Å². The lowest BCUT2D eigenvalue weighted by molar-refractivity contribution is -0.890. The number of nitrogens with one attached hydrogen (secondary N) is 1. The van der Waals surface area contributed by atoms with E-state index in [1.165, 1.54) is 0 Å². The van der Waals surface area contributed by atoms with E-state index >= 15 is 0 Å². The van der Waals surface area contributed by atoms with Crippen molar-refractivity contribution in [3.8, 4) is 0 Å². The summed E-state index contributed by atoms with van der Waals surface area (Å²) < 4.78 is 30.7. The van der Waals surface area contributed by atoms with E-state index in [1.807, 2.05) is 0 Å². The molecule has 0 spiro atoms. The van der Waals surface area contributed by atoms with Gasteiger partial charge in [0.2, 0.25) is 5.91 Å². The van der Waals surface area contributed by atoms with E-state index < -0.39 is 10.1 Å². The third-order valence-electron chi connectivity index (χ3n) is 3.78. The summed E-state index contributed by atoms with van der Waals surface area (Å²) in [6, 6.07) is 0. The predicted molar refractivity (Wildman–Crippen MR) is 93.8 cm³/mol. The molecule has 2 N–H and O–H groups in total. The highest BCUT2D eigenvalue weighted by Gasteiger charge is 2.14. The minimum absolute atomic E-state index is 0.0831. The van der Waals surface area contributed by atoms with Crippen molar-refractivity contribution in [3.63, 3.8) is 0 Å². The van der Waals surface area contributed by atoms with Crippen molar-refractivity contribution in [2.45, 2.75) is 45.4 Å². The molecular formula is C16H33N2O4S+. The summed E-state index contributed by atoms with van der Waals surface area (Å²) in [5.41, 5.74) is 0.535. The average molecular weight is 350 g/mol. The molecule has 0 saturated heterocycles. The molecule has 6 nitrogen and oxygen atoms in total. The van der Waals surface area contributed by atoms with E-state index in [1.54, 1.807) is 6.92 Å². The van der Waals surface area contributed by atoms with Crippen molar-refractivity contribution >= 4 is 16.0 Å². The molecule has 0 saturated carbocycles. The van der Waals surface area contributed by atoms with E-state index in [0.717, 1.165) is 49.7 Å². The van der Waals surface area contributed by atoms with Crippen molar-refractivity contribution in [3.05, 3.63) is 12.2 Å². The van der Waals surface area contributed by atoms with Crippen LogP contribution >= 0.6 is 0 Å². The molecule has 0 bridgehead atoms. The third kappa shape index (κ3) is 14.4. The highest BCUT2D eigenvalue weighted by Crippen LogP contribution is 2.08. The largest absolute Gasteiger partial charge is 0.352 e. The monoisotopic (exact) mass is 349 g/mol. The number of amides is 1. The van der Waals surface area contributed by atoms with Gasteiger partial charge in [-0.3, -0.25) is 9.35 Å². The highest BCUT2D eigenvalue weighted by atomic mass is 32.2. The summed E-state index contributed by atoms with van der Waals surface area (Å²) in [7, 11) is 0.556. The zero-order valence-corrected chi connectivity index (χ0v) is 15.6. The lowest BCUT2D eigenvalue weighted by Gasteiger charge is -2.30. The maximum atomic E-state index is 11.4. The quantitative estimate of drug-likeness (QED) is 0.230.